The minimum atomic E-state index is -0.145. The summed E-state index contributed by atoms with van der Waals surface area (Å²) in [4.78, 5) is 23.4. The number of thioether (sulfide) groups is 1. The number of anilines is 1. The van der Waals surface area contributed by atoms with Gasteiger partial charge in [0.05, 0.1) is 11.3 Å². The minimum Gasteiger partial charge on any atom is -0.316 e. The highest BCUT2D eigenvalue weighted by Crippen LogP contribution is 2.35. The summed E-state index contributed by atoms with van der Waals surface area (Å²) in [5.41, 5.74) is 1.66. The Morgan fingerprint density at radius 1 is 1.38 bits per heavy atom. The third kappa shape index (κ3) is 3.29. The van der Waals surface area contributed by atoms with E-state index in [0.717, 1.165) is 15.2 Å². The van der Waals surface area contributed by atoms with E-state index in [2.05, 4.69) is 35.2 Å². The van der Waals surface area contributed by atoms with Crippen LogP contribution in [0.5, 0.6) is 0 Å². The van der Waals surface area contributed by atoms with Crippen LogP contribution >= 0.6 is 34.4 Å². The lowest BCUT2D eigenvalue weighted by molar-refractivity contribution is -0.113. The van der Waals surface area contributed by atoms with Crippen LogP contribution in [-0.4, -0.2) is 21.6 Å². The average molecular weight is 375 g/mol. The molecule has 0 saturated carbocycles. The van der Waals surface area contributed by atoms with Crippen molar-refractivity contribution in [3.8, 4) is 6.07 Å². The first-order chi connectivity index (χ1) is 11.5. The average Bonchev–Trinajstić information content (AvgIpc) is 3.09. The standard InChI is InChI=1S/C16H14N4OS3/c1-8-9(2)24-16-13(8)15(18-10(3)19-16)23-7-12(21)20-14-11(6-17)4-5-22-14/h4-5H,7H2,1-3H3,(H,20,21). The number of aryl methyl sites for hydroxylation is 3. The molecule has 0 radical (unpaired) electrons. The molecule has 3 heterocycles. The fourth-order valence-electron chi connectivity index (χ4n) is 2.21. The molecule has 1 N–H and O–H groups in total. The number of nitrogens with one attached hydrogen (secondary N) is 1. The second kappa shape index (κ2) is 6.89. The van der Waals surface area contributed by atoms with E-state index >= 15 is 0 Å². The van der Waals surface area contributed by atoms with Gasteiger partial charge in [0.1, 0.15) is 26.8 Å². The maximum atomic E-state index is 12.2. The third-order valence-corrected chi connectivity index (χ3v) is 6.39. The van der Waals surface area contributed by atoms with Gasteiger partial charge in [-0.15, -0.1) is 22.7 Å². The molecule has 0 aliphatic heterocycles. The monoisotopic (exact) mass is 374 g/mol. The van der Waals surface area contributed by atoms with E-state index < -0.39 is 0 Å². The highest BCUT2D eigenvalue weighted by atomic mass is 32.2. The quantitative estimate of drug-likeness (QED) is 0.545. The number of amides is 1. The van der Waals surface area contributed by atoms with Crippen LogP contribution in [-0.2, 0) is 4.79 Å². The van der Waals surface area contributed by atoms with Crippen LogP contribution < -0.4 is 5.32 Å². The predicted molar refractivity (Wildman–Crippen MR) is 100 cm³/mol. The summed E-state index contributed by atoms with van der Waals surface area (Å²) in [5, 5.41) is 16.0. The number of fused-ring (bicyclic) bond motifs is 1. The van der Waals surface area contributed by atoms with Gasteiger partial charge in [0.25, 0.3) is 0 Å². The zero-order valence-electron chi connectivity index (χ0n) is 13.3. The molecule has 24 heavy (non-hydrogen) atoms. The van der Waals surface area contributed by atoms with Gasteiger partial charge in [-0.05, 0) is 37.8 Å². The lowest BCUT2D eigenvalue weighted by Gasteiger charge is -2.06. The molecule has 3 rings (SSSR count). The first-order valence-corrected chi connectivity index (χ1v) is 9.82. The van der Waals surface area contributed by atoms with Crippen molar-refractivity contribution in [3.05, 3.63) is 33.3 Å². The van der Waals surface area contributed by atoms with Gasteiger partial charge in [-0.2, -0.15) is 5.26 Å². The van der Waals surface area contributed by atoms with Crippen molar-refractivity contribution in [2.45, 2.75) is 25.8 Å². The minimum absolute atomic E-state index is 0.145. The van der Waals surface area contributed by atoms with Crippen molar-refractivity contribution in [2.24, 2.45) is 0 Å². The number of nitrogens with zero attached hydrogens (tertiary/aromatic N) is 3. The lowest BCUT2D eigenvalue weighted by atomic mass is 10.2. The summed E-state index contributed by atoms with van der Waals surface area (Å²) in [7, 11) is 0. The molecule has 0 aliphatic carbocycles. The Labute approximate surface area is 151 Å². The predicted octanol–water partition coefficient (Wildman–Crippen LogP) is 4.28. The van der Waals surface area contributed by atoms with Gasteiger partial charge >= 0.3 is 0 Å². The van der Waals surface area contributed by atoms with E-state index in [4.69, 9.17) is 5.26 Å². The SMILES string of the molecule is Cc1nc(SCC(=O)Nc2sccc2C#N)c2c(C)c(C)sc2n1. The zero-order valence-corrected chi connectivity index (χ0v) is 15.8. The molecule has 0 unspecified atom stereocenters. The zero-order chi connectivity index (χ0) is 17.3. The molecule has 0 aliphatic rings. The molecule has 0 saturated heterocycles. The van der Waals surface area contributed by atoms with Crippen LogP contribution in [0.3, 0.4) is 0 Å². The van der Waals surface area contributed by atoms with E-state index in [9.17, 15) is 4.79 Å². The largest absolute Gasteiger partial charge is 0.316 e. The summed E-state index contributed by atoms with van der Waals surface area (Å²) in [6.07, 6.45) is 0. The topological polar surface area (TPSA) is 78.7 Å². The van der Waals surface area contributed by atoms with Crippen molar-refractivity contribution in [3.63, 3.8) is 0 Å². The first kappa shape index (κ1) is 16.9. The van der Waals surface area contributed by atoms with Crippen LogP contribution in [0.2, 0.25) is 0 Å². The summed E-state index contributed by atoms with van der Waals surface area (Å²) in [6, 6.07) is 3.76. The molecule has 0 aromatic carbocycles. The molecule has 8 heteroatoms. The number of carbonyl (C=O) groups is 1. The Morgan fingerprint density at radius 3 is 2.92 bits per heavy atom. The van der Waals surface area contributed by atoms with Crippen LogP contribution in [0, 0.1) is 32.1 Å². The number of nitriles is 1. The number of thiophene rings is 2. The molecule has 0 fully saturated rings. The van der Waals surface area contributed by atoms with Crippen LogP contribution in [0.15, 0.2) is 16.5 Å². The normalized spacial score (nSPS) is 10.8. The van der Waals surface area contributed by atoms with Crippen LogP contribution in [0.25, 0.3) is 10.2 Å². The van der Waals surface area contributed by atoms with Crippen LogP contribution in [0.4, 0.5) is 5.00 Å². The number of carbonyl (C=O) groups excluding carboxylic acids is 1. The van der Waals surface area contributed by atoms with Crippen molar-refractivity contribution in [1.29, 1.82) is 5.26 Å². The van der Waals surface area contributed by atoms with Gasteiger partial charge in [-0.25, -0.2) is 9.97 Å². The number of aromatic nitrogens is 2. The molecular weight excluding hydrogens is 360 g/mol. The first-order valence-electron chi connectivity index (χ1n) is 7.14. The maximum absolute atomic E-state index is 12.2. The molecule has 5 nitrogen and oxygen atoms in total. The third-order valence-electron chi connectivity index (χ3n) is 3.49. The van der Waals surface area contributed by atoms with E-state index in [0.29, 0.717) is 16.4 Å². The van der Waals surface area contributed by atoms with E-state index in [1.165, 1.54) is 33.5 Å². The lowest BCUT2D eigenvalue weighted by Crippen LogP contribution is -2.14. The highest BCUT2D eigenvalue weighted by Gasteiger charge is 2.15. The van der Waals surface area contributed by atoms with E-state index in [1.807, 2.05) is 6.92 Å². The second-order valence-corrected chi connectivity index (χ2v) is 8.23. The maximum Gasteiger partial charge on any atom is 0.235 e. The molecular formula is C16H14N4OS3. The number of rotatable bonds is 4. The molecule has 0 atom stereocenters. The highest BCUT2D eigenvalue weighted by molar-refractivity contribution is 8.00. The van der Waals surface area contributed by atoms with E-state index in [1.54, 1.807) is 22.8 Å². The molecule has 0 bridgehead atoms. The smallest absolute Gasteiger partial charge is 0.235 e. The summed E-state index contributed by atoms with van der Waals surface area (Å²) in [6.45, 7) is 5.99. The van der Waals surface area contributed by atoms with Crippen LogP contribution in [0.1, 0.15) is 21.8 Å². The fraction of sp³-hybridized carbons (Fsp3) is 0.250. The molecule has 3 aromatic rings. The molecule has 0 spiro atoms. The molecule has 122 valence electrons. The van der Waals surface area contributed by atoms with Gasteiger partial charge in [-0.3, -0.25) is 4.79 Å². The molecule has 1 amide bonds. The summed E-state index contributed by atoms with van der Waals surface area (Å²) >= 11 is 4.40. The van der Waals surface area contributed by atoms with Gasteiger partial charge in [-0.1, -0.05) is 11.8 Å². The van der Waals surface area contributed by atoms with Gasteiger partial charge in [0.15, 0.2) is 0 Å². The summed E-state index contributed by atoms with van der Waals surface area (Å²) < 4.78 is 0. The Morgan fingerprint density at radius 2 is 2.17 bits per heavy atom. The Kier molecular flexibility index (Phi) is 4.85. The van der Waals surface area contributed by atoms with Gasteiger partial charge < -0.3 is 5.32 Å². The Hall–Kier alpha value is -1.95. The van der Waals surface area contributed by atoms with E-state index in [-0.39, 0.29) is 11.7 Å². The summed E-state index contributed by atoms with van der Waals surface area (Å²) in [5.74, 6) is 0.799. The Balaban J connectivity index is 1.78. The van der Waals surface area contributed by atoms with Crippen molar-refractivity contribution >= 4 is 55.6 Å². The number of hydrogen-bond donors (Lipinski definition) is 1. The fourth-order valence-corrected chi connectivity index (χ4v) is 5.03. The van der Waals surface area contributed by atoms with Crippen molar-refractivity contribution in [1.82, 2.24) is 9.97 Å². The van der Waals surface area contributed by atoms with Gasteiger partial charge in [0, 0.05) is 10.3 Å². The van der Waals surface area contributed by atoms with Crippen molar-refractivity contribution < 1.29 is 4.79 Å². The Bertz CT molecular complexity index is 968. The van der Waals surface area contributed by atoms with Gasteiger partial charge in [0.2, 0.25) is 5.91 Å². The second-order valence-electron chi connectivity index (χ2n) is 5.15. The number of hydrogen-bond acceptors (Lipinski definition) is 7. The van der Waals surface area contributed by atoms with Crippen molar-refractivity contribution in [2.75, 3.05) is 11.1 Å². The molecule has 3 aromatic heterocycles.